The fourth-order valence-electron chi connectivity index (χ4n) is 4.81. The number of hydrogen-bond acceptors (Lipinski definition) is 7. The van der Waals surface area contributed by atoms with E-state index in [0.717, 1.165) is 30.8 Å². The molecule has 0 radical (unpaired) electrons. The van der Waals surface area contributed by atoms with Gasteiger partial charge in [0.2, 0.25) is 0 Å². The molecule has 1 aliphatic carbocycles. The summed E-state index contributed by atoms with van der Waals surface area (Å²) in [6.45, 7) is 13.2. The van der Waals surface area contributed by atoms with Gasteiger partial charge >= 0.3 is 6.09 Å². The summed E-state index contributed by atoms with van der Waals surface area (Å²) >= 11 is 0. The van der Waals surface area contributed by atoms with Crippen LogP contribution in [0.25, 0.3) is 11.5 Å². The second-order valence-electron chi connectivity index (χ2n) is 10.3. The highest BCUT2D eigenvalue weighted by Crippen LogP contribution is 2.37. The van der Waals surface area contributed by atoms with E-state index in [4.69, 9.17) is 14.2 Å². The van der Waals surface area contributed by atoms with Crippen molar-refractivity contribution < 1.29 is 14.1 Å². The van der Waals surface area contributed by atoms with Crippen LogP contribution >= 0.6 is 0 Å². The Balaban J connectivity index is 0.00000133. The number of nitrogens with one attached hydrogen (secondary N) is 1. The fourth-order valence-corrected chi connectivity index (χ4v) is 4.81. The van der Waals surface area contributed by atoms with Gasteiger partial charge in [-0.2, -0.15) is 4.98 Å². The molecule has 1 saturated carbocycles. The minimum absolute atomic E-state index is 0.0626. The molecule has 8 heteroatoms. The van der Waals surface area contributed by atoms with Gasteiger partial charge in [0, 0.05) is 36.7 Å². The number of benzene rings is 1. The van der Waals surface area contributed by atoms with Crippen LogP contribution in [0.3, 0.4) is 0 Å². The number of likely N-dealkylation sites (tertiary alicyclic amines) is 1. The van der Waals surface area contributed by atoms with E-state index in [1.54, 1.807) is 0 Å². The molecule has 3 heterocycles. The van der Waals surface area contributed by atoms with Crippen molar-refractivity contribution in [3.8, 4) is 11.5 Å². The fraction of sp³-hybridized carbons (Fsp3) is 0.654. The molecule has 186 valence electrons. The first-order valence-electron chi connectivity index (χ1n) is 12.8. The topological polar surface area (TPSA) is 83.7 Å². The number of amides is 1. The van der Waals surface area contributed by atoms with Crippen LogP contribution in [0.15, 0.2) is 22.7 Å². The van der Waals surface area contributed by atoms with Gasteiger partial charge in [-0.15, -0.1) is 0 Å². The molecular weight excluding hydrogens is 430 g/mol. The number of carbonyl (C=O) groups is 1. The molecule has 2 aromatic rings. The van der Waals surface area contributed by atoms with Crippen molar-refractivity contribution in [3.63, 3.8) is 0 Å². The summed E-state index contributed by atoms with van der Waals surface area (Å²) in [5.74, 6) is 1.46. The lowest BCUT2D eigenvalue weighted by Crippen LogP contribution is -2.46. The molecule has 2 aliphatic heterocycles. The lowest BCUT2D eigenvalue weighted by atomic mass is 9.91. The number of nitrogens with zero attached hydrogens (tertiary/aromatic N) is 4. The first kappa shape index (κ1) is 24.5. The van der Waals surface area contributed by atoms with Crippen molar-refractivity contribution in [2.75, 3.05) is 11.6 Å². The van der Waals surface area contributed by atoms with Crippen LogP contribution in [0.2, 0.25) is 0 Å². The number of ether oxygens (including phenoxy) is 1. The van der Waals surface area contributed by atoms with E-state index < -0.39 is 5.60 Å². The molecule has 5 rings (SSSR count). The van der Waals surface area contributed by atoms with E-state index in [2.05, 4.69) is 40.7 Å². The highest BCUT2D eigenvalue weighted by atomic mass is 16.6. The van der Waals surface area contributed by atoms with E-state index in [0.29, 0.717) is 18.5 Å². The molecule has 1 N–H and O–H groups in total. The zero-order valence-electron chi connectivity index (χ0n) is 21.4. The maximum Gasteiger partial charge on any atom is 0.410 e. The number of hydrazine groups is 1. The number of fused-ring (bicyclic) bond motifs is 1. The zero-order valence-corrected chi connectivity index (χ0v) is 21.4. The van der Waals surface area contributed by atoms with E-state index in [-0.39, 0.29) is 18.1 Å². The molecular formula is C26H39N5O3. The Labute approximate surface area is 203 Å². The van der Waals surface area contributed by atoms with Gasteiger partial charge in [0.1, 0.15) is 5.60 Å². The molecule has 34 heavy (non-hydrogen) atoms. The number of piperidine rings is 1. The van der Waals surface area contributed by atoms with Crippen LogP contribution in [0.4, 0.5) is 10.5 Å². The van der Waals surface area contributed by atoms with Crippen LogP contribution in [0.5, 0.6) is 0 Å². The SMILES string of the molecule is CC.C[C@@H]1C[C@H](c2noc(-c3ccc4c(c3)N(C3CCC3)NC4)n2)CCN1C(=O)OC(C)(C)C. The Hall–Kier alpha value is -2.61. The van der Waals surface area contributed by atoms with Gasteiger partial charge in [-0.05, 0) is 77.5 Å². The molecule has 1 aromatic carbocycles. The average Bonchev–Trinajstić information content (AvgIpc) is 3.40. The van der Waals surface area contributed by atoms with Crippen molar-refractivity contribution >= 4 is 11.8 Å². The number of anilines is 1. The van der Waals surface area contributed by atoms with Gasteiger partial charge < -0.3 is 19.2 Å². The van der Waals surface area contributed by atoms with Crippen molar-refractivity contribution in [2.45, 2.75) is 104 Å². The van der Waals surface area contributed by atoms with Gasteiger partial charge in [-0.25, -0.2) is 10.2 Å². The molecule has 8 nitrogen and oxygen atoms in total. The summed E-state index contributed by atoms with van der Waals surface area (Å²) in [5.41, 5.74) is 6.52. The summed E-state index contributed by atoms with van der Waals surface area (Å²) in [7, 11) is 0. The molecule has 0 bridgehead atoms. The number of carbonyl (C=O) groups excluding carboxylic acids is 1. The largest absolute Gasteiger partial charge is 0.444 e. The first-order chi connectivity index (χ1) is 16.3. The second kappa shape index (κ2) is 9.94. The van der Waals surface area contributed by atoms with E-state index in [1.165, 1.54) is 30.5 Å². The van der Waals surface area contributed by atoms with Crippen LogP contribution < -0.4 is 10.4 Å². The van der Waals surface area contributed by atoms with Gasteiger partial charge in [0.05, 0.1) is 5.69 Å². The second-order valence-corrected chi connectivity index (χ2v) is 10.3. The van der Waals surface area contributed by atoms with Gasteiger partial charge in [-0.1, -0.05) is 25.1 Å². The normalized spacial score (nSPS) is 22.5. The Morgan fingerprint density at radius 1 is 1.21 bits per heavy atom. The lowest BCUT2D eigenvalue weighted by molar-refractivity contribution is 0.0100. The predicted octanol–water partition coefficient (Wildman–Crippen LogP) is 5.64. The van der Waals surface area contributed by atoms with Gasteiger partial charge in [-0.3, -0.25) is 0 Å². The number of rotatable bonds is 3. The Bertz CT molecular complexity index is 995. The summed E-state index contributed by atoms with van der Waals surface area (Å²) in [6.07, 6.45) is 5.12. The van der Waals surface area contributed by atoms with Crippen molar-refractivity contribution in [3.05, 3.63) is 29.6 Å². The van der Waals surface area contributed by atoms with Gasteiger partial charge in [0.15, 0.2) is 5.82 Å². The Kier molecular flexibility index (Phi) is 7.17. The van der Waals surface area contributed by atoms with Crippen LogP contribution in [-0.4, -0.2) is 45.4 Å². The van der Waals surface area contributed by atoms with E-state index >= 15 is 0 Å². The number of hydrogen-bond donors (Lipinski definition) is 1. The average molecular weight is 470 g/mol. The van der Waals surface area contributed by atoms with Gasteiger partial charge in [0.25, 0.3) is 5.89 Å². The minimum Gasteiger partial charge on any atom is -0.444 e. The summed E-state index contributed by atoms with van der Waals surface area (Å²) in [6, 6.07) is 7.03. The highest BCUT2D eigenvalue weighted by Gasteiger charge is 2.35. The van der Waals surface area contributed by atoms with Crippen molar-refractivity contribution in [1.29, 1.82) is 0 Å². The third kappa shape index (κ3) is 5.06. The standard InChI is InChI=1S/C24H33N5O3.C2H6/c1-15-12-16(10-11-28(15)23(30)31-24(2,3)4)21-26-22(32-27-21)17-8-9-18-14-25-29(20(18)13-17)19-6-5-7-19;1-2/h8-9,13,15-16,19,25H,5-7,10-12,14H2,1-4H3;1-2H3/t15-,16-;/m1./s1. The molecule has 1 aromatic heterocycles. The maximum atomic E-state index is 12.5. The Morgan fingerprint density at radius 2 is 1.97 bits per heavy atom. The quantitative estimate of drug-likeness (QED) is 0.622. The molecule has 0 spiro atoms. The van der Waals surface area contributed by atoms with Crippen LogP contribution in [-0.2, 0) is 11.3 Å². The molecule has 2 atom stereocenters. The molecule has 0 unspecified atom stereocenters. The van der Waals surface area contributed by atoms with E-state index in [9.17, 15) is 4.79 Å². The zero-order chi connectivity index (χ0) is 24.5. The summed E-state index contributed by atoms with van der Waals surface area (Å²) < 4.78 is 11.2. The van der Waals surface area contributed by atoms with Crippen LogP contribution in [0, 0.1) is 0 Å². The molecule has 3 aliphatic rings. The van der Waals surface area contributed by atoms with Crippen molar-refractivity contribution in [1.82, 2.24) is 20.5 Å². The highest BCUT2D eigenvalue weighted by molar-refractivity contribution is 5.69. The summed E-state index contributed by atoms with van der Waals surface area (Å²) in [5, 5.41) is 6.62. The van der Waals surface area contributed by atoms with E-state index in [1.807, 2.05) is 39.5 Å². The maximum absolute atomic E-state index is 12.5. The van der Waals surface area contributed by atoms with Crippen molar-refractivity contribution in [2.24, 2.45) is 0 Å². The summed E-state index contributed by atoms with van der Waals surface area (Å²) in [4.78, 5) is 19.1. The van der Waals surface area contributed by atoms with Crippen LogP contribution in [0.1, 0.15) is 91.0 Å². The third-order valence-electron chi connectivity index (χ3n) is 6.78. The molecule has 1 amide bonds. The monoisotopic (exact) mass is 469 g/mol. The molecule has 2 fully saturated rings. The smallest absolute Gasteiger partial charge is 0.410 e. The molecule has 1 saturated heterocycles. The lowest BCUT2D eigenvalue weighted by Gasteiger charge is -2.37. The predicted molar refractivity (Wildman–Crippen MR) is 132 cm³/mol. The Morgan fingerprint density at radius 3 is 2.62 bits per heavy atom. The number of aromatic nitrogens is 2. The first-order valence-corrected chi connectivity index (χ1v) is 12.8. The minimum atomic E-state index is -0.490. The third-order valence-corrected chi connectivity index (χ3v) is 6.78.